The fourth-order valence-corrected chi connectivity index (χ4v) is 4.90. The Morgan fingerprint density at radius 1 is 1.43 bits per heavy atom. The van der Waals surface area contributed by atoms with E-state index < -0.39 is 6.04 Å². The normalized spacial score (nSPS) is 24.4. The largest absolute Gasteiger partial charge is 0.378 e. The van der Waals surface area contributed by atoms with Gasteiger partial charge in [-0.05, 0) is 18.4 Å². The monoisotopic (exact) mass is 326 g/mol. The number of carbonyl (C=O) groups is 2. The zero-order valence-corrected chi connectivity index (χ0v) is 13.5. The van der Waals surface area contributed by atoms with Crippen LogP contribution in [0.3, 0.4) is 0 Å². The van der Waals surface area contributed by atoms with Crippen molar-refractivity contribution < 1.29 is 14.3 Å². The number of nitrogens with zero attached hydrogens (tertiary/aromatic N) is 2. The first-order valence-electron chi connectivity index (χ1n) is 7.01. The second-order valence-electron chi connectivity index (χ2n) is 5.09. The van der Waals surface area contributed by atoms with Gasteiger partial charge in [-0.3, -0.25) is 9.59 Å². The lowest BCUT2D eigenvalue weighted by atomic mass is 10.2. The standard InChI is InChI=1S/C14H18N2O3S2/c1-10(13(18)15-4-6-19-7-5-15)16-12(17)9-21-14(16)11-3-2-8-20-11/h2-3,8,10,14H,4-7,9H2,1H3/t10-,14+/m0/s1. The van der Waals surface area contributed by atoms with Crippen molar-refractivity contribution in [3.8, 4) is 0 Å². The van der Waals surface area contributed by atoms with Crippen LogP contribution in [0.15, 0.2) is 17.5 Å². The number of hydrogen-bond acceptors (Lipinski definition) is 5. The minimum absolute atomic E-state index is 0.0238. The number of rotatable bonds is 3. The second-order valence-corrected chi connectivity index (χ2v) is 7.14. The van der Waals surface area contributed by atoms with E-state index in [0.29, 0.717) is 32.1 Å². The Morgan fingerprint density at radius 3 is 2.86 bits per heavy atom. The van der Waals surface area contributed by atoms with Gasteiger partial charge in [0.15, 0.2) is 0 Å². The van der Waals surface area contributed by atoms with Crippen molar-refractivity contribution in [2.75, 3.05) is 32.1 Å². The van der Waals surface area contributed by atoms with Gasteiger partial charge in [0.1, 0.15) is 11.4 Å². The zero-order valence-electron chi connectivity index (χ0n) is 11.9. The Labute approximate surface area is 132 Å². The van der Waals surface area contributed by atoms with E-state index in [1.54, 1.807) is 32.9 Å². The topological polar surface area (TPSA) is 49.9 Å². The van der Waals surface area contributed by atoms with E-state index in [9.17, 15) is 9.59 Å². The number of thioether (sulfide) groups is 1. The third-order valence-corrected chi connectivity index (χ3v) is 6.07. The SMILES string of the molecule is C[C@@H](C(=O)N1CCOCC1)N1C(=O)CS[C@@H]1c1cccs1. The van der Waals surface area contributed by atoms with Crippen LogP contribution in [0.5, 0.6) is 0 Å². The molecule has 2 amide bonds. The predicted octanol–water partition coefficient (Wildman–Crippen LogP) is 1.57. The molecule has 1 aromatic heterocycles. The van der Waals surface area contributed by atoms with Crippen LogP contribution in [0.4, 0.5) is 0 Å². The van der Waals surface area contributed by atoms with Crippen molar-refractivity contribution >= 4 is 34.9 Å². The number of hydrogen-bond donors (Lipinski definition) is 0. The highest BCUT2D eigenvalue weighted by Gasteiger charge is 2.40. The summed E-state index contributed by atoms with van der Waals surface area (Å²) in [7, 11) is 0. The van der Waals surface area contributed by atoms with Crippen molar-refractivity contribution in [3.05, 3.63) is 22.4 Å². The lowest BCUT2D eigenvalue weighted by Crippen LogP contribution is -2.51. The fourth-order valence-electron chi connectivity index (χ4n) is 2.67. The number of morpholine rings is 1. The van der Waals surface area contributed by atoms with Crippen molar-refractivity contribution in [2.24, 2.45) is 0 Å². The molecule has 0 saturated carbocycles. The molecule has 7 heteroatoms. The average Bonchev–Trinajstić information content (AvgIpc) is 3.16. The molecule has 0 aliphatic carbocycles. The Balaban J connectivity index is 1.76. The molecule has 0 radical (unpaired) electrons. The number of ether oxygens (including phenoxy) is 1. The first kappa shape index (κ1) is 14.9. The summed E-state index contributed by atoms with van der Waals surface area (Å²) in [4.78, 5) is 29.5. The molecule has 1 aromatic rings. The van der Waals surface area contributed by atoms with E-state index in [1.165, 1.54) is 0 Å². The molecule has 5 nitrogen and oxygen atoms in total. The molecule has 0 unspecified atom stereocenters. The molecule has 3 rings (SSSR count). The Hall–Kier alpha value is -1.05. The van der Waals surface area contributed by atoms with Gasteiger partial charge in [0.2, 0.25) is 11.8 Å². The molecule has 2 atom stereocenters. The van der Waals surface area contributed by atoms with Gasteiger partial charge in [-0.15, -0.1) is 23.1 Å². The highest BCUT2D eigenvalue weighted by molar-refractivity contribution is 8.00. The molecule has 0 bridgehead atoms. The lowest BCUT2D eigenvalue weighted by molar-refractivity contribution is -0.146. The highest BCUT2D eigenvalue weighted by atomic mass is 32.2. The van der Waals surface area contributed by atoms with E-state index in [1.807, 2.05) is 24.4 Å². The zero-order chi connectivity index (χ0) is 14.8. The van der Waals surface area contributed by atoms with Gasteiger partial charge in [0, 0.05) is 18.0 Å². The quantitative estimate of drug-likeness (QED) is 0.846. The maximum atomic E-state index is 12.6. The average molecular weight is 326 g/mol. The van der Waals surface area contributed by atoms with Crippen LogP contribution in [0, 0.1) is 0 Å². The Kier molecular flexibility index (Phi) is 4.51. The number of thiophene rings is 1. The molecular formula is C14H18N2O3S2. The lowest BCUT2D eigenvalue weighted by Gasteiger charge is -2.34. The molecule has 2 aliphatic heterocycles. The molecule has 2 aliphatic rings. The minimum atomic E-state index is -0.419. The van der Waals surface area contributed by atoms with Gasteiger partial charge in [-0.25, -0.2) is 0 Å². The van der Waals surface area contributed by atoms with Crippen LogP contribution < -0.4 is 0 Å². The minimum Gasteiger partial charge on any atom is -0.378 e. The van der Waals surface area contributed by atoms with E-state index in [4.69, 9.17) is 4.74 Å². The van der Waals surface area contributed by atoms with Crippen LogP contribution in [0.1, 0.15) is 17.2 Å². The second kappa shape index (κ2) is 6.37. The summed E-state index contributed by atoms with van der Waals surface area (Å²) in [6, 6.07) is 3.59. The van der Waals surface area contributed by atoms with Gasteiger partial charge in [-0.2, -0.15) is 0 Å². The summed E-state index contributed by atoms with van der Waals surface area (Å²) in [5.41, 5.74) is 0. The maximum Gasteiger partial charge on any atom is 0.245 e. The Bertz CT molecular complexity index is 514. The third kappa shape index (κ3) is 2.95. The van der Waals surface area contributed by atoms with Crippen LogP contribution in [-0.4, -0.2) is 59.7 Å². The van der Waals surface area contributed by atoms with Crippen molar-refractivity contribution in [1.29, 1.82) is 0 Å². The number of amides is 2. The predicted molar refractivity (Wildman–Crippen MR) is 83.2 cm³/mol. The summed E-state index contributed by atoms with van der Waals surface area (Å²) < 4.78 is 5.28. The van der Waals surface area contributed by atoms with Gasteiger partial charge < -0.3 is 14.5 Å². The smallest absolute Gasteiger partial charge is 0.245 e. The van der Waals surface area contributed by atoms with Crippen LogP contribution in [-0.2, 0) is 14.3 Å². The van der Waals surface area contributed by atoms with Gasteiger partial charge in [0.25, 0.3) is 0 Å². The summed E-state index contributed by atoms with van der Waals surface area (Å²) in [6.07, 6.45) is 0. The highest BCUT2D eigenvalue weighted by Crippen LogP contribution is 2.41. The van der Waals surface area contributed by atoms with Gasteiger partial charge in [0.05, 0.1) is 19.0 Å². The first-order valence-corrected chi connectivity index (χ1v) is 8.94. The molecule has 2 fully saturated rings. The molecular weight excluding hydrogens is 308 g/mol. The molecule has 2 saturated heterocycles. The third-order valence-electron chi connectivity index (χ3n) is 3.79. The molecule has 0 spiro atoms. The number of carbonyl (C=O) groups excluding carboxylic acids is 2. The summed E-state index contributed by atoms with van der Waals surface area (Å²) in [5, 5.41) is 1.98. The van der Waals surface area contributed by atoms with Crippen LogP contribution in [0.25, 0.3) is 0 Å². The molecule has 0 N–H and O–H groups in total. The molecule has 114 valence electrons. The van der Waals surface area contributed by atoms with E-state index >= 15 is 0 Å². The van der Waals surface area contributed by atoms with Crippen molar-refractivity contribution in [3.63, 3.8) is 0 Å². The Morgan fingerprint density at radius 2 is 2.19 bits per heavy atom. The van der Waals surface area contributed by atoms with Crippen LogP contribution >= 0.6 is 23.1 Å². The van der Waals surface area contributed by atoms with Gasteiger partial charge >= 0.3 is 0 Å². The maximum absolute atomic E-state index is 12.6. The molecule has 3 heterocycles. The van der Waals surface area contributed by atoms with Crippen LogP contribution in [0.2, 0.25) is 0 Å². The summed E-state index contributed by atoms with van der Waals surface area (Å²) >= 11 is 3.23. The van der Waals surface area contributed by atoms with E-state index in [-0.39, 0.29) is 17.2 Å². The fraction of sp³-hybridized carbons (Fsp3) is 0.571. The molecule has 21 heavy (non-hydrogen) atoms. The van der Waals surface area contributed by atoms with Gasteiger partial charge in [-0.1, -0.05) is 6.07 Å². The van der Waals surface area contributed by atoms with E-state index in [0.717, 1.165) is 4.88 Å². The van der Waals surface area contributed by atoms with E-state index in [2.05, 4.69) is 0 Å². The molecule has 0 aromatic carbocycles. The first-order chi connectivity index (χ1) is 10.2. The summed E-state index contributed by atoms with van der Waals surface area (Å²) in [6.45, 7) is 4.22. The van der Waals surface area contributed by atoms with Crippen molar-refractivity contribution in [1.82, 2.24) is 9.80 Å². The van der Waals surface area contributed by atoms with Crippen molar-refractivity contribution in [2.45, 2.75) is 18.3 Å². The summed E-state index contributed by atoms with van der Waals surface area (Å²) in [5.74, 6) is 0.520.